The first-order chi connectivity index (χ1) is 4.66. The Morgan fingerprint density at radius 1 is 1.70 bits per heavy atom. The molecule has 0 aromatic rings. The molecule has 1 amide bonds. The summed E-state index contributed by atoms with van der Waals surface area (Å²) in [6, 6.07) is 0. The van der Waals surface area contributed by atoms with Crippen molar-refractivity contribution in [1.82, 2.24) is 5.32 Å². The molecule has 0 saturated heterocycles. The Kier molecular flexibility index (Phi) is 2.24. The van der Waals surface area contributed by atoms with Gasteiger partial charge in [0.2, 0.25) is 5.91 Å². The smallest absolute Gasteiger partial charge is 0.229 e. The van der Waals surface area contributed by atoms with Gasteiger partial charge in [0.05, 0.1) is 5.75 Å². The summed E-state index contributed by atoms with van der Waals surface area (Å²) >= 11 is 3.85. The second kappa shape index (κ2) is 2.82. The van der Waals surface area contributed by atoms with Gasteiger partial charge in [-0.05, 0) is 18.3 Å². The summed E-state index contributed by atoms with van der Waals surface area (Å²) in [6.07, 6.45) is 2.50. The van der Waals surface area contributed by atoms with Gasteiger partial charge in [-0.2, -0.15) is 12.6 Å². The highest BCUT2D eigenvalue weighted by Gasteiger charge is 2.36. The van der Waals surface area contributed by atoms with Gasteiger partial charge in [0.25, 0.3) is 0 Å². The summed E-state index contributed by atoms with van der Waals surface area (Å²) < 4.78 is 0. The predicted octanol–water partition coefficient (Wildman–Crippen LogP) is 0.833. The summed E-state index contributed by atoms with van der Waals surface area (Å²) in [7, 11) is 0. The fourth-order valence-corrected chi connectivity index (χ4v) is 0.870. The van der Waals surface area contributed by atoms with Crippen LogP contribution in [0.4, 0.5) is 0 Å². The van der Waals surface area contributed by atoms with Gasteiger partial charge in [-0.1, -0.05) is 6.92 Å². The lowest BCUT2D eigenvalue weighted by atomic mass is 10.1. The summed E-state index contributed by atoms with van der Waals surface area (Å²) in [5.41, 5.74) is 0.415. The number of nitrogens with one attached hydrogen (secondary N) is 1. The zero-order chi connectivity index (χ0) is 7.61. The normalized spacial score (nSPS) is 20.2. The zero-order valence-electron chi connectivity index (χ0n) is 6.18. The third-order valence-corrected chi connectivity index (χ3v) is 2.25. The number of hydrogen-bond donors (Lipinski definition) is 2. The van der Waals surface area contributed by atoms with Crippen LogP contribution in [-0.4, -0.2) is 18.2 Å². The molecule has 1 aliphatic carbocycles. The molecule has 3 heteroatoms. The van der Waals surface area contributed by atoms with Crippen LogP contribution in [0.2, 0.25) is 0 Å². The van der Waals surface area contributed by atoms with Crippen LogP contribution >= 0.6 is 12.6 Å². The van der Waals surface area contributed by atoms with Crippen LogP contribution in [-0.2, 0) is 4.79 Å². The van der Waals surface area contributed by atoms with Crippen molar-refractivity contribution in [3.05, 3.63) is 0 Å². The fraction of sp³-hybridized carbons (Fsp3) is 0.857. The van der Waals surface area contributed by atoms with E-state index >= 15 is 0 Å². The largest absolute Gasteiger partial charge is 0.355 e. The van der Waals surface area contributed by atoms with Crippen molar-refractivity contribution >= 4 is 18.5 Å². The maximum Gasteiger partial charge on any atom is 0.229 e. The quantitative estimate of drug-likeness (QED) is 0.587. The molecule has 0 bridgehead atoms. The highest BCUT2D eigenvalue weighted by Crippen LogP contribution is 2.43. The number of thiol groups is 1. The molecule has 10 heavy (non-hydrogen) atoms. The molecule has 58 valence electrons. The highest BCUT2D eigenvalue weighted by molar-refractivity contribution is 7.81. The molecule has 0 unspecified atom stereocenters. The SMILES string of the molecule is CC1(CNC(=O)CS)CC1. The molecule has 1 fully saturated rings. The Labute approximate surface area is 66.8 Å². The second-order valence-corrected chi connectivity index (χ2v) is 3.56. The third kappa shape index (κ3) is 2.21. The fourth-order valence-electron chi connectivity index (χ4n) is 0.758. The standard InChI is InChI=1S/C7H13NOS/c1-7(2-3-7)5-8-6(9)4-10/h10H,2-5H2,1H3,(H,8,9). The average Bonchev–Trinajstić information content (AvgIpc) is 2.64. The molecule has 1 aliphatic rings. The predicted molar refractivity (Wildman–Crippen MR) is 44.2 cm³/mol. The van der Waals surface area contributed by atoms with Gasteiger partial charge in [-0.3, -0.25) is 4.79 Å². The minimum Gasteiger partial charge on any atom is -0.355 e. The molecule has 1 rings (SSSR count). The van der Waals surface area contributed by atoms with E-state index in [9.17, 15) is 4.79 Å². The van der Waals surface area contributed by atoms with E-state index in [1.807, 2.05) is 0 Å². The summed E-state index contributed by atoms with van der Waals surface area (Å²) in [5, 5.41) is 2.82. The lowest BCUT2D eigenvalue weighted by molar-refractivity contribution is -0.118. The lowest BCUT2D eigenvalue weighted by Crippen LogP contribution is -2.29. The summed E-state index contributed by atoms with van der Waals surface area (Å²) in [6.45, 7) is 3.01. The topological polar surface area (TPSA) is 29.1 Å². The maximum absolute atomic E-state index is 10.7. The average molecular weight is 159 g/mol. The molecule has 0 aromatic heterocycles. The number of rotatable bonds is 3. The van der Waals surface area contributed by atoms with Crippen molar-refractivity contribution in [3.8, 4) is 0 Å². The second-order valence-electron chi connectivity index (χ2n) is 3.25. The van der Waals surface area contributed by atoms with Crippen molar-refractivity contribution in [1.29, 1.82) is 0 Å². The van der Waals surface area contributed by atoms with Crippen molar-refractivity contribution in [3.63, 3.8) is 0 Å². The first kappa shape index (κ1) is 7.92. The van der Waals surface area contributed by atoms with E-state index in [1.165, 1.54) is 12.8 Å². The summed E-state index contributed by atoms with van der Waals surface area (Å²) in [5.74, 6) is 0.340. The van der Waals surface area contributed by atoms with Gasteiger partial charge >= 0.3 is 0 Å². The van der Waals surface area contributed by atoms with Crippen LogP contribution in [0.25, 0.3) is 0 Å². The Bertz CT molecular complexity index is 143. The van der Waals surface area contributed by atoms with E-state index in [1.54, 1.807) is 0 Å². The van der Waals surface area contributed by atoms with Crippen molar-refractivity contribution in [2.75, 3.05) is 12.3 Å². The number of carbonyl (C=O) groups excluding carboxylic acids is 1. The first-order valence-corrected chi connectivity index (χ1v) is 4.17. The molecule has 2 nitrogen and oxygen atoms in total. The van der Waals surface area contributed by atoms with Crippen LogP contribution < -0.4 is 5.32 Å². The number of carbonyl (C=O) groups is 1. The van der Waals surface area contributed by atoms with Gasteiger partial charge in [0.1, 0.15) is 0 Å². The molecule has 0 heterocycles. The van der Waals surface area contributed by atoms with Crippen LogP contribution in [0, 0.1) is 5.41 Å². The van der Waals surface area contributed by atoms with E-state index < -0.39 is 0 Å². The first-order valence-electron chi connectivity index (χ1n) is 3.54. The number of hydrogen-bond acceptors (Lipinski definition) is 2. The molecule has 0 atom stereocenters. The van der Waals surface area contributed by atoms with Crippen molar-refractivity contribution in [2.45, 2.75) is 19.8 Å². The van der Waals surface area contributed by atoms with E-state index in [0.717, 1.165) is 6.54 Å². The molecule has 0 aromatic carbocycles. The van der Waals surface area contributed by atoms with Crippen LogP contribution in [0.3, 0.4) is 0 Å². The molecule has 1 N–H and O–H groups in total. The van der Waals surface area contributed by atoms with Gasteiger partial charge in [0.15, 0.2) is 0 Å². The minimum absolute atomic E-state index is 0.0384. The van der Waals surface area contributed by atoms with Gasteiger partial charge in [-0.25, -0.2) is 0 Å². The van der Waals surface area contributed by atoms with Crippen LogP contribution in [0.1, 0.15) is 19.8 Å². The number of amides is 1. The van der Waals surface area contributed by atoms with Crippen LogP contribution in [0.15, 0.2) is 0 Å². The third-order valence-electron chi connectivity index (χ3n) is 1.96. The van der Waals surface area contributed by atoms with E-state index in [-0.39, 0.29) is 5.91 Å². The Balaban J connectivity index is 2.10. The zero-order valence-corrected chi connectivity index (χ0v) is 7.08. The molecule has 0 spiro atoms. The minimum atomic E-state index is 0.0384. The van der Waals surface area contributed by atoms with Gasteiger partial charge in [0, 0.05) is 6.54 Å². The molecule has 0 radical (unpaired) electrons. The Morgan fingerprint density at radius 3 is 2.70 bits per heavy atom. The Morgan fingerprint density at radius 2 is 2.30 bits per heavy atom. The molecular weight excluding hydrogens is 146 g/mol. The van der Waals surface area contributed by atoms with E-state index in [2.05, 4.69) is 24.9 Å². The Hall–Kier alpha value is -0.180. The van der Waals surface area contributed by atoms with E-state index in [4.69, 9.17) is 0 Å². The monoisotopic (exact) mass is 159 g/mol. The molecule has 1 saturated carbocycles. The molecular formula is C7H13NOS. The summed E-state index contributed by atoms with van der Waals surface area (Å²) in [4.78, 5) is 10.7. The van der Waals surface area contributed by atoms with Crippen molar-refractivity contribution < 1.29 is 4.79 Å². The maximum atomic E-state index is 10.7. The van der Waals surface area contributed by atoms with Crippen molar-refractivity contribution in [2.24, 2.45) is 5.41 Å². The van der Waals surface area contributed by atoms with Gasteiger partial charge < -0.3 is 5.32 Å². The van der Waals surface area contributed by atoms with Gasteiger partial charge in [-0.15, -0.1) is 0 Å². The van der Waals surface area contributed by atoms with E-state index in [0.29, 0.717) is 11.2 Å². The molecule has 0 aliphatic heterocycles. The lowest BCUT2D eigenvalue weighted by Gasteiger charge is -2.07. The van der Waals surface area contributed by atoms with Crippen LogP contribution in [0.5, 0.6) is 0 Å². The highest BCUT2D eigenvalue weighted by atomic mass is 32.1.